The number of nitrogens with one attached hydrogen (secondary N) is 1. The van der Waals surface area contributed by atoms with Gasteiger partial charge in [-0.05, 0) is 36.5 Å². The van der Waals surface area contributed by atoms with E-state index in [2.05, 4.69) is 10.2 Å². The fourth-order valence-corrected chi connectivity index (χ4v) is 4.66. The summed E-state index contributed by atoms with van der Waals surface area (Å²) in [5.41, 5.74) is 1.98. The van der Waals surface area contributed by atoms with Gasteiger partial charge in [-0.3, -0.25) is 9.69 Å². The molecular formula is C17H25N3O3S. The highest BCUT2D eigenvalue weighted by atomic mass is 32.2. The Balaban J connectivity index is 1.68. The molecular weight excluding hydrogens is 326 g/mol. The molecule has 0 aromatic heterocycles. The van der Waals surface area contributed by atoms with Gasteiger partial charge in [-0.25, -0.2) is 12.7 Å². The maximum absolute atomic E-state index is 11.9. The van der Waals surface area contributed by atoms with Crippen molar-refractivity contribution in [3.63, 3.8) is 0 Å². The van der Waals surface area contributed by atoms with Crippen LogP contribution in [0.15, 0.2) is 24.3 Å². The Morgan fingerprint density at radius 1 is 1.17 bits per heavy atom. The molecule has 3 aliphatic rings. The maximum Gasteiger partial charge on any atom is 0.221 e. The zero-order valence-electron chi connectivity index (χ0n) is 14.2. The number of nitrogens with zero attached hydrogens (tertiary/aromatic N) is 2. The fraction of sp³-hybridized carbons (Fsp3) is 0.588. The summed E-state index contributed by atoms with van der Waals surface area (Å²) in [6.45, 7) is 4.51. The van der Waals surface area contributed by atoms with E-state index in [0.29, 0.717) is 19.0 Å². The molecule has 1 aromatic rings. The second kappa shape index (κ2) is 6.82. The molecule has 7 heteroatoms. The van der Waals surface area contributed by atoms with Gasteiger partial charge < -0.3 is 5.32 Å². The van der Waals surface area contributed by atoms with Crippen molar-refractivity contribution in [1.82, 2.24) is 9.21 Å². The van der Waals surface area contributed by atoms with Gasteiger partial charge in [0.25, 0.3) is 0 Å². The van der Waals surface area contributed by atoms with Crippen molar-refractivity contribution in [3.8, 4) is 0 Å². The summed E-state index contributed by atoms with van der Waals surface area (Å²) < 4.78 is 25.5. The molecule has 0 unspecified atom stereocenters. The van der Waals surface area contributed by atoms with Gasteiger partial charge in [0.05, 0.1) is 6.26 Å². The molecule has 24 heavy (non-hydrogen) atoms. The Hall–Kier alpha value is -1.44. The molecule has 0 radical (unpaired) electrons. The minimum atomic E-state index is -3.12. The minimum absolute atomic E-state index is 0.0755. The number of anilines is 1. The maximum atomic E-state index is 11.9. The second-order valence-corrected chi connectivity index (χ2v) is 8.97. The topological polar surface area (TPSA) is 69.7 Å². The number of carbonyl (C=O) groups excluding carboxylic acids is 1. The average molecular weight is 351 g/mol. The van der Waals surface area contributed by atoms with Crippen LogP contribution in [0.3, 0.4) is 0 Å². The van der Waals surface area contributed by atoms with E-state index in [0.717, 1.165) is 31.6 Å². The molecule has 3 heterocycles. The second-order valence-electron chi connectivity index (χ2n) is 6.98. The van der Waals surface area contributed by atoms with Gasteiger partial charge >= 0.3 is 0 Å². The number of sulfonamides is 1. The van der Waals surface area contributed by atoms with E-state index in [-0.39, 0.29) is 11.9 Å². The van der Waals surface area contributed by atoms with Crippen LogP contribution in [0.1, 0.15) is 25.3 Å². The molecule has 1 aromatic carbocycles. The molecule has 3 saturated heterocycles. The first-order valence-electron chi connectivity index (χ1n) is 8.37. The van der Waals surface area contributed by atoms with Crippen LogP contribution in [0.25, 0.3) is 0 Å². The molecule has 1 N–H and O–H groups in total. The molecule has 2 atom stereocenters. The van der Waals surface area contributed by atoms with E-state index in [4.69, 9.17) is 0 Å². The van der Waals surface area contributed by atoms with Crippen LogP contribution in [-0.2, 0) is 21.4 Å². The molecule has 4 rings (SSSR count). The zero-order chi connectivity index (χ0) is 17.3. The van der Waals surface area contributed by atoms with Crippen molar-refractivity contribution < 1.29 is 13.2 Å². The van der Waals surface area contributed by atoms with Crippen molar-refractivity contribution in [2.75, 3.05) is 31.2 Å². The molecule has 3 aliphatic heterocycles. The number of benzene rings is 1. The predicted molar refractivity (Wildman–Crippen MR) is 94.1 cm³/mol. The Bertz CT molecular complexity index is 702. The molecule has 0 saturated carbocycles. The van der Waals surface area contributed by atoms with Gasteiger partial charge in [-0.15, -0.1) is 0 Å². The van der Waals surface area contributed by atoms with Gasteiger partial charge in [0.2, 0.25) is 15.9 Å². The lowest BCUT2D eigenvalue weighted by Crippen LogP contribution is -2.43. The first-order valence-corrected chi connectivity index (χ1v) is 10.2. The lowest BCUT2D eigenvalue weighted by Gasteiger charge is -2.36. The number of piperidine rings is 1. The summed E-state index contributed by atoms with van der Waals surface area (Å²) in [5.74, 6) is 0.338. The molecule has 3 fully saturated rings. The largest absolute Gasteiger partial charge is 0.326 e. The van der Waals surface area contributed by atoms with Crippen molar-refractivity contribution in [2.45, 2.75) is 32.4 Å². The monoisotopic (exact) mass is 351 g/mol. The van der Waals surface area contributed by atoms with Crippen LogP contribution in [-0.4, -0.2) is 55.5 Å². The van der Waals surface area contributed by atoms with Gasteiger partial charge in [0.1, 0.15) is 0 Å². The summed E-state index contributed by atoms with van der Waals surface area (Å²) in [4.78, 5) is 13.5. The zero-order valence-corrected chi connectivity index (χ0v) is 15.1. The third-order valence-corrected chi connectivity index (χ3v) is 6.16. The minimum Gasteiger partial charge on any atom is -0.326 e. The van der Waals surface area contributed by atoms with Crippen LogP contribution < -0.4 is 5.32 Å². The lowest BCUT2D eigenvalue weighted by atomic mass is 9.94. The standard InChI is InChI=1S/C17H25N3O3S/c1-13(21)18-16-6-3-14(4-7-16)9-19-10-15-5-8-17(19)12-20(11-15)24(2,22)23/h3-4,6-7,15,17H,5,8-12H2,1-2H3,(H,18,21)/t15-,17-/m1/s1. The van der Waals surface area contributed by atoms with Crippen molar-refractivity contribution in [2.24, 2.45) is 5.92 Å². The first kappa shape index (κ1) is 17.4. The molecule has 1 amide bonds. The van der Waals surface area contributed by atoms with Crippen molar-refractivity contribution >= 4 is 21.6 Å². The fourth-order valence-electron chi connectivity index (χ4n) is 3.73. The molecule has 0 aliphatic carbocycles. The Morgan fingerprint density at radius 3 is 2.50 bits per heavy atom. The smallest absolute Gasteiger partial charge is 0.221 e. The number of carbonyl (C=O) groups is 1. The normalized spacial score (nSPS) is 25.4. The van der Waals surface area contributed by atoms with Crippen LogP contribution in [0.2, 0.25) is 0 Å². The number of fused-ring (bicyclic) bond motifs is 4. The van der Waals surface area contributed by atoms with E-state index in [9.17, 15) is 13.2 Å². The van der Waals surface area contributed by atoms with E-state index < -0.39 is 10.0 Å². The van der Waals surface area contributed by atoms with Crippen LogP contribution in [0, 0.1) is 5.92 Å². The van der Waals surface area contributed by atoms with E-state index in [1.54, 1.807) is 4.31 Å². The SMILES string of the molecule is CC(=O)Nc1ccc(CN2C[C@H]3CC[C@@H]2CN(S(C)(=O)=O)C3)cc1. The number of amides is 1. The van der Waals surface area contributed by atoms with Gasteiger partial charge in [0, 0.05) is 44.8 Å². The van der Waals surface area contributed by atoms with Crippen molar-refractivity contribution in [1.29, 1.82) is 0 Å². The van der Waals surface area contributed by atoms with E-state index >= 15 is 0 Å². The Kier molecular flexibility index (Phi) is 4.94. The van der Waals surface area contributed by atoms with Crippen molar-refractivity contribution in [3.05, 3.63) is 29.8 Å². The van der Waals surface area contributed by atoms with Crippen LogP contribution in [0.4, 0.5) is 5.69 Å². The van der Waals surface area contributed by atoms with Gasteiger partial charge in [0.15, 0.2) is 0 Å². The van der Waals surface area contributed by atoms with Gasteiger partial charge in [-0.1, -0.05) is 12.1 Å². The molecule has 6 nitrogen and oxygen atoms in total. The molecule has 132 valence electrons. The van der Waals surface area contributed by atoms with E-state index in [1.807, 2.05) is 24.3 Å². The summed E-state index contributed by atoms with van der Waals surface area (Å²) >= 11 is 0. The Labute approximate surface area is 143 Å². The van der Waals surface area contributed by atoms with E-state index in [1.165, 1.54) is 18.7 Å². The summed E-state index contributed by atoms with van der Waals surface area (Å²) in [7, 11) is -3.12. The average Bonchev–Trinajstić information content (AvgIpc) is 2.80. The molecule has 2 bridgehead atoms. The molecule has 0 spiro atoms. The highest BCUT2D eigenvalue weighted by molar-refractivity contribution is 7.88. The summed E-state index contributed by atoms with van der Waals surface area (Å²) in [6.07, 6.45) is 3.47. The van der Waals surface area contributed by atoms with Crippen LogP contribution in [0.5, 0.6) is 0 Å². The highest BCUT2D eigenvalue weighted by Crippen LogP contribution is 2.30. The number of rotatable bonds is 4. The number of hydrogen-bond acceptors (Lipinski definition) is 4. The highest BCUT2D eigenvalue weighted by Gasteiger charge is 2.37. The predicted octanol–water partition coefficient (Wildman–Crippen LogP) is 1.50. The third kappa shape index (κ3) is 4.15. The number of hydrogen-bond donors (Lipinski definition) is 1. The lowest BCUT2D eigenvalue weighted by molar-refractivity contribution is -0.114. The van der Waals surface area contributed by atoms with Gasteiger partial charge in [-0.2, -0.15) is 0 Å². The Morgan fingerprint density at radius 2 is 1.88 bits per heavy atom. The third-order valence-electron chi connectivity index (χ3n) is 4.92. The summed E-state index contributed by atoms with van der Waals surface area (Å²) in [5, 5.41) is 2.77. The first-order chi connectivity index (χ1) is 11.3. The summed E-state index contributed by atoms with van der Waals surface area (Å²) in [6, 6.07) is 8.16. The van der Waals surface area contributed by atoms with Crippen LogP contribution >= 0.6 is 0 Å². The quantitative estimate of drug-likeness (QED) is 0.892.